The molecule has 8 N–H and O–H groups in total. The minimum absolute atomic E-state index is 0.0939. The van der Waals surface area contributed by atoms with Crippen LogP contribution in [0.25, 0.3) is 21.5 Å². The third-order valence-corrected chi connectivity index (χ3v) is 13.3. The topological polar surface area (TPSA) is 440 Å². The quantitative estimate of drug-likeness (QED) is 0.0449. The van der Waals surface area contributed by atoms with Crippen LogP contribution in [-0.4, -0.2) is 104 Å². The largest absolute Gasteiger partial charge is 0.507 e. The van der Waals surface area contributed by atoms with Crippen LogP contribution in [0.15, 0.2) is 140 Å². The predicted octanol–water partition coefficient (Wildman–Crippen LogP) is 6.13. The Labute approximate surface area is 398 Å². The van der Waals surface area contributed by atoms with E-state index in [1.54, 1.807) is 0 Å². The molecule has 71 heavy (non-hydrogen) atoms. The van der Waals surface area contributed by atoms with Gasteiger partial charge in [0.25, 0.3) is 46.4 Å². The number of aromatic hydroxyl groups is 2. The first kappa shape index (κ1) is 50.6. The lowest BCUT2D eigenvalue weighted by molar-refractivity contribution is -0.130. The minimum atomic E-state index is -5.25. The second-order valence-electron chi connectivity index (χ2n) is 14.5. The molecule has 1 aliphatic heterocycles. The smallest absolute Gasteiger partial charge is 0.355 e. The van der Waals surface area contributed by atoms with E-state index in [0.29, 0.717) is 17.1 Å². The zero-order valence-corrected chi connectivity index (χ0v) is 38.7. The van der Waals surface area contributed by atoms with E-state index in [1.165, 1.54) is 12.1 Å². The lowest BCUT2D eigenvalue weighted by Crippen LogP contribution is -2.33. The van der Waals surface area contributed by atoms with Gasteiger partial charge in [-0.05, 0) is 78.2 Å². The Morgan fingerprint density at radius 2 is 1.31 bits per heavy atom. The first-order valence-electron chi connectivity index (χ1n) is 19.1. The number of hydrogen-bond acceptors (Lipinski definition) is 21. The van der Waals surface area contributed by atoms with Gasteiger partial charge < -0.3 is 25.4 Å². The van der Waals surface area contributed by atoms with E-state index in [1.807, 2.05) is 0 Å². The molecule has 0 aromatic heterocycles. The molecule has 1 aliphatic rings. The van der Waals surface area contributed by atoms with E-state index in [0.717, 1.165) is 74.7 Å². The average Bonchev–Trinajstić information content (AvgIpc) is 3.61. The van der Waals surface area contributed by atoms with E-state index in [2.05, 4.69) is 41.1 Å². The number of ether oxygens (including phenoxy) is 1. The van der Waals surface area contributed by atoms with Crippen molar-refractivity contribution in [1.82, 2.24) is 0 Å². The second-order valence-corrected chi connectivity index (χ2v) is 20.1. The highest BCUT2D eigenvalue weighted by molar-refractivity contribution is 7.86. The van der Waals surface area contributed by atoms with Gasteiger partial charge in [0.05, 0.1) is 45.0 Å². The maximum Gasteiger partial charge on any atom is 0.355 e. The summed E-state index contributed by atoms with van der Waals surface area (Å²) in [6, 6.07) is 11.8. The van der Waals surface area contributed by atoms with Crippen molar-refractivity contribution < 1.29 is 86.3 Å². The number of rotatable bonds is 14. The number of nitrogens with zero attached hydrogens (tertiary/aromatic N) is 8. The lowest BCUT2D eigenvalue weighted by atomic mass is 10.1. The summed E-state index contributed by atoms with van der Waals surface area (Å²) in [5.74, 6) is -5.38. The van der Waals surface area contributed by atoms with Crippen LogP contribution in [0.5, 0.6) is 17.2 Å². The number of carbonyl (C=O) groups excluding carboxylic acids is 2. The number of hydrogen-bond donors (Lipinski definition) is 8. The maximum absolute atomic E-state index is 13.3. The highest BCUT2D eigenvalue weighted by atomic mass is 32.2. The number of carbonyl (C=O) groups is 3. The van der Waals surface area contributed by atoms with Crippen molar-refractivity contribution in [3.63, 3.8) is 0 Å². The molecule has 6 aromatic rings. The molecule has 1 unspecified atom stereocenters. The first-order valence-corrected chi connectivity index (χ1v) is 24.8. The van der Waals surface area contributed by atoms with Gasteiger partial charge >= 0.3 is 5.97 Å². The Kier molecular flexibility index (Phi) is 13.3. The molecule has 368 valence electrons. The van der Waals surface area contributed by atoms with Gasteiger partial charge in [0, 0.05) is 29.8 Å². The van der Waals surface area contributed by atoms with Crippen LogP contribution in [0.2, 0.25) is 0 Å². The van der Waals surface area contributed by atoms with Gasteiger partial charge in [0.15, 0.2) is 11.5 Å². The average molecular weight is 1060 g/mol. The summed E-state index contributed by atoms with van der Waals surface area (Å²) in [6.45, 7) is 1.10. The van der Waals surface area contributed by atoms with E-state index in [9.17, 15) is 81.6 Å². The van der Waals surface area contributed by atoms with E-state index < -0.39 is 118 Å². The van der Waals surface area contributed by atoms with Crippen molar-refractivity contribution in [2.24, 2.45) is 35.8 Å². The zero-order valence-electron chi connectivity index (χ0n) is 35.4. The predicted molar refractivity (Wildman–Crippen MR) is 243 cm³/mol. The fraction of sp³-hybridized carbons (Fsp3) is 0.0769. The molecule has 6 aromatic carbocycles. The number of fused-ring (bicyclic) bond motifs is 2. The van der Waals surface area contributed by atoms with Crippen molar-refractivity contribution in [2.75, 3.05) is 17.4 Å². The molecule has 0 fully saturated rings. The molecule has 2 amide bonds. The summed E-state index contributed by atoms with van der Waals surface area (Å²) < 4.78 is 141. The summed E-state index contributed by atoms with van der Waals surface area (Å²) in [4.78, 5) is 34.2. The highest BCUT2D eigenvalue weighted by Crippen LogP contribution is 2.46. The summed E-state index contributed by atoms with van der Waals surface area (Å²) in [7, 11) is -18.8. The van der Waals surface area contributed by atoms with Crippen molar-refractivity contribution in [3.05, 3.63) is 84.9 Å². The molecule has 0 aliphatic carbocycles. The Morgan fingerprint density at radius 3 is 1.90 bits per heavy atom. The maximum atomic E-state index is 13.3. The summed E-state index contributed by atoms with van der Waals surface area (Å²) in [5, 5.41) is 61.0. The number of benzene rings is 6. The molecule has 1 atom stereocenters. The van der Waals surface area contributed by atoms with Crippen LogP contribution in [0, 0.1) is 0 Å². The van der Waals surface area contributed by atoms with Gasteiger partial charge in [-0.1, -0.05) is 0 Å². The van der Waals surface area contributed by atoms with Crippen LogP contribution in [-0.2, 0) is 54.9 Å². The van der Waals surface area contributed by atoms with Gasteiger partial charge in [0.1, 0.15) is 38.4 Å². The molecule has 0 spiro atoms. The fourth-order valence-corrected chi connectivity index (χ4v) is 9.05. The molecular weight excluding hydrogens is 1030 g/mol. The normalized spacial score (nSPS) is 14.8. The number of anilines is 2. The van der Waals surface area contributed by atoms with Crippen LogP contribution in [0.1, 0.15) is 6.92 Å². The number of carboxylic acid groups (broad SMARTS) is 1. The summed E-state index contributed by atoms with van der Waals surface area (Å²) >= 11 is 0. The zero-order chi connectivity index (χ0) is 52.1. The fourth-order valence-electron chi connectivity index (χ4n) is 6.70. The van der Waals surface area contributed by atoms with Gasteiger partial charge in [-0.3, -0.25) is 27.8 Å². The van der Waals surface area contributed by atoms with Crippen LogP contribution >= 0.6 is 0 Å². The molecule has 1 heterocycles. The summed E-state index contributed by atoms with van der Waals surface area (Å²) in [5.41, 5.74) is -2.84. The van der Waals surface area contributed by atoms with Gasteiger partial charge in [-0.25, -0.2) is 4.79 Å². The number of amides is 2. The second kappa shape index (κ2) is 18.6. The number of phenolic OH excluding ortho intramolecular Hbond substituents is 2. The Hall–Kier alpha value is -8.24. The number of aliphatic carboxylic acids is 1. The Balaban J connectivity index is 1.24. The summed E-state index contributed by atoms with van der Waals surface area (Å²) in [6.07, 6.45) is 0. The number of carboxylic acids is 1. The number of methoxy groups -OCH3 is 1. The van der Waals surface area contributed by atoms with E-state index >= 15 is 0 Å². The minimum Gasteiger partial charge on any atom is -0.507 e. The van der Waals surface area contributed by atoms with Gasteiger partial charge in [0.2, 0.25) is 11.9 Å². The van der Waals surface area contributed by atoms with Crippen LogP contribution in [0.3, 0.4) is 0 Å². The van der Waals surface area contributed by atoms with E-state index in [-0.39, 0.29) is 50.6 Å². The van der Waals surface area contributed by atoms with Gasteiger partial charge in [-0.15, -0.1) is 20.5 Å². The SMILES string of the molecule is COc1cc(N=Nc2ccc(S(=O)(=O)O)c3cc(S(=O)(=O)O)cc(O)c23)c(NC(C)=O)cc1N=Nc1c(S(=O)(=O)O)cc2cc(N=NC3C(=O)N(c4ccc(S(=O)(=O)O)cc4)N=C3C(=O)O)ccc2c1O. The third kappa shape index (κ3) is 10.5. The van der Waals surface area contributed by atoms with Crippen molar-refractivity contribution >= 4 is 125 Å². The monoisotopic (exact) mass is 1060 g/mol. The van der Waals surface area contributed by atoms with Crippen LogP contribution in [0.4, 0.5) is 39.8 Å². The van der Waals surface area contributed by atoms with E-state index in [4.69, 9.17) is 4.74 Å². The Bertz CT molecular complexity index is 3900. The molecule has 28 nitrogen and oxygen atoms in total. The van der Waals surface area contributed by atoms with Crippen LogP contribution < -0.4 is 15.1 Å². The first-order chi connectivity index (χ1) is 33.1. The molecule has 7 rings (SSSR count). The number of azo groups is 3. The molecule has 0 saturated carbocycles. The number of phenols is 2. The Morgan fingerprint density at radius 1 is 0.676 bits per heavy atom. The van der Waals surface area contributed by atoms with Crippen molar-refractivity contribution in [2.45, 2.75) is 32.5 Å². The molecule has 0 bridgehead atoms. The van der Waals surface area contributed by atoms with Crippen molar-refractivity contribution in [1.29, 1.82) is 0 Å². The van der Waals surface area contributed by atoms with Gasteiger partial charge in [-0.2, -0.15) is 54.0 Å². The van der Waals surface area contributed by atoms with Crippen molar-refractivity contribution in [3.8, 4) is 17.2 Å². The third-order valence-electron chi connectivity index (χ3n) is 9.82. The molecule has 0 radical (unpaired) electrons. The number of nitrogens with one attached hydrogen (secondary N) is 1. The lowest BCUT2D eigenvalue weighted by Gasteiger charge is -2.12. The molecular formula is C39H29N9O19S4. The standard InChI is InChI=1S/C39H29N9O19S4/c1-17(49)40-26-15-28(30(67-2)16-27(26)43-42-25-9-10-31(70(61,62)63)24-13-22(69(58,59)60)14-29(50)33(24)25)44-45-34-32(71(64,65)66)12-18-11-19(3-8-23(18)37(34)51)41-46-35-36(39(53)54)47-48(38(35)52)20-4-6-21(7-5-20)68(55,56)57/h3-16,35,50-51H,1-2H3,(H,40,49)(H,53,54)(H,55,56,57)(H,58,59,60)(H,61,62,63)(H,64,65,66). The highest BCUT2D eigenvalue weighted by Gasteiger charge is 2.41. The molecule has 32 heteroatoms. The number of hydrazone groups is 1. The molecule has 0 saturated heterocycles.